The number of nitrogens with zero attached hydrogens (tertiary/aromatic N) is 1. The molecule has 1 atom stereocenters. The van der Waals surface area contributed by atoms with Crippen LogP contribution >= 0.6 is 0 Å². The molecule has 0 aliphatic carbocycles. The molecule has 0 saturated carbocycles. The minimum Gasteiger partial charge on any atom is -0.481 e. The molecule has 1 aliphatic heterocycles. The van der Waals surface area contributed by atoms with Gasteiger partial charge in [-0.3, -0.25) is 4.79 Å². The quantitative estimate of drug-likeness (QED) is 0.700. The molecule has 1 unspecified atom stereocenters. The molecule has 0 saturated heterocycles. The molecule has 3 aromatic rings. The number of hydrogen-bond donors (Lipinski definition) is 0. The molecule has 0 radical (unpaired) electrons. The van der Waals surface area contributed by atoms with Gasteiger partial charge in [-0.05, 0) is 47.4 Å². The van der Waals surface area contributed by atoms with Gasteiger partial charge in [0.25, 0.3) is 5.91 Å². The summed E-state index contributed by atoms with van der Waals surface area (Å²) in [6, 6.07) is 22.3. The number of carbonyl (C=O) groups excluding carboxylic acids is 1. The van der Waals surface area contributed by atoms with E-state index in [0.29, 0.717) is 6.42 Å². The van der Waals surface area contributed by atoms with Crippen LogP contribution in [0.15, 0.2) is 66.7 Å². The van der Waals surface area contributed by atoms with Gasteiger partial charge in [0, 0.05) is 12.2 Å². The zero-order chi connectivity index (χ0) is 17.2. The third-order valence-corrected chi connectivity index (χ3v) is 4.80. The maximum atomic E-state index is 13.0. The Morgan fingerprint density at radius 1 is 1.04 bits per heavy atom. The highest BCUT2D eigenvalue weighted by Gasteiger charge is 2.30. The fraction of sp³-hybridized carbons (Fsp3) is 0.227. The number of carbonyl (C=O) groups is 1. The Morgan fingerprint density at radius 3 is 2.64 bits per heavy atom. The molecular weight excluding hydrogens is 310 g/mol. The van der Waals surface area contributed by atoms with Crippen LogP contribution in [0.3, 0.4) is 0 Å². The van der Waals surface area contributed by atoms with Gasteiger partial charge in [0.1, 0.15) is 5.75 Å². The fourth-order valence-corrected chi connectivity index (χ4v) is 3.45. The first-order chi connectivity index (χ1) is 12.3. The van der Waals surface area contributed by atoms with Crippen molar-refractivity contribution in [3.05, 3.63) is 72.3 Å². The van der Waals surface area contributed by atoms with Crippen LogP contribution in [-0.4, -0.2) is 18.6 Å². The topological polar surface area (TPSA) is 29.5 Å². The molecule has 126 valence electrons. The number of ether oxygens (including phenoxy) is 1. The lowest BCUT2D eigenvalue weighted by atomic mass is 10.1. The number of rotatable bonds is 4. The molecule has 0 N–H and O–H groups in total. The summed E-state index contributed by atoms with van der Waals surface area (Å²) in [7, 11) is 0. The van der Waals surface area contributed by atoms with Crippen LogP contribution in [-0.2, 0) is 11.2 Å². The van der Waals surface area contributed by atoms with E-state index in [1.807, 2.05) is 60.4 Å². The number of anilines is 1. The van der Waals surface area contributed by atoms with Crippen molar-refractivity contribution < 1.29 is 9.53 Å². The second-order valence-electron chi connectivity index (χ2n) is 6.39. The molecular formula is C22H21NO2. The van der Waals surface area contributed by atoms with Gasteiger partial charge in [0.15, 0.2) is 6.10 Å². The van der Waals surface area contributed by atoms with E-state index >= 15 is 0 Å². The average molecular weight is 331 g/mol. The van der Waals surface area contributed by atoms with Crippen molar-refractivity contribution >= 4 is 22.4 Å². The molecule has 25 heavy (non-hydrogen) atoms. The predicted octanol–water partition coefficient (Wildman–Crippen LogP) is 4.59. The van der Waals surface area contributed by atoms with E-state index in [-0.39, 0.29) is 5.91 Å². The normalized spacial score (nSPS) is 14.4. The molecule has 3 nitrogen and oxygen atoms in total. The maximum absolute atomic E-state index is 13.0. The van der Waals surface area contributed by atoms with E-state index < -0.39 is 6.10 Å². The number of hydrogen-bond acceptors (Lipinski definition) is 2. The summed E-state index contributed by atoms with van der Waals surface area (Å²) >= 11 is 0. The first-order valence-electron chi connectivity index (χ1n) is 8.81. The first kappa shape index (κ1) is 15.7. The Balaban J connectivity index is 1.56. The SMILES string of the molecule is CCC(Oc1ccc2ccccc2c1)C(=O)N1CCc2ccccc21. The van der Waals surface area contributed by atoms with Gasteiger partial charge in [-0.15, -0.1) is 0 Å². The van der Waals surface area contributed by atoms with Gasteiger partial charge in [-0.1, -0.05) is 55.5 Å². The summed E-state index contributed by atoms with van der Waals surface area (Å²) in [5, 5.41) is 2.29. The minimum absolute atomic E-state index is 0.0422. The van der Waals surface area contributed by atoms with Crippen LogP contribution < -0.4 is 9.64 Å². The number of benzene rings is 3. The van der Waals surface area contributed by atoms with Crippen molar-refractivity contribution in [3.63, 3.8) is 0 Å². The Kier molecular flexibility index (Phi) is 4.14. The Morgan fingerprint density at radius 2 is 1.80 bits per heavy atom. The van der Waals surface area contributed by atoms with E-state index in [1.165, 1.54) is 10.9 Å². The van der Waals surface area contributed by atoms with Gasteiger partial charge in [-0.2, -0.15) is 0 Å². The van der Waals surface area contributed by atoms with Gasteiger partial charge in [0.2, 0.25) is 0 Å². The van der Waals surface area contributed by atoms with Crippen molar-refractivity contribution in [1.29, 1.82) is 0 Å². The lowest BCUT2D eigenvalue weighted by Crippen LogP contribution is -2.41. The highest BCUT2D eigenvalue weighted by Crippen LogP contribution is 2.29. The number of amides is 1. The third kappa shape index (κ3) is 2.98. The monoisotopic (exact) mass is 331 g/mol. The van der Waals surface area contributed by atoms with E-state index in [2.05, 4.69) is 18.2 Å². The average Bonchev–Trinajstić information content (AvgIpc) is 3.09. The number of para-hydroxylation sites is 1. The van der Waals surface area contributed by atoms with E-state index in [1.54, 1.807) is 0 Å². The summed E-state index contributed by atoms with van der Waals surface area (Å²) in [6.45, 7) is 2.72. The molecule has 0 fully saturated rings. The summed E-state index contributed by atoms with van der Waals surface area (Å²) in [4.78, 5) is 14.9. The van der Waals surface area contributed by atoms with Crippen molar-refractivity contribution in [3.8, 4) is 5.75 Å². The Bertz CT molecular complexity index is 919. The van der Waals surface area contributed by atoms with E-state index in [9.17, 15) is 4.79 Å². The second-order valence-corrected chi connectivity index (χ2v) is 6.39. The molecule has 3 heteroatoms. The van der Waals surface area contributed by atoms with Gasteiger partial charge < -0.3 is 9.64 Å². The lowest BCUT2D eigenvalue weighted by Gasteiger charge is -2.24. The van der Waals surface area contributed by atoms with Crippen molar-refractivity contribution in [2.75, 3.05) is 11.4 Å². The third-order valence-electron chi connectivity index (χ3n) is 4.80. The summed E-state index contributed by atoms with van der Waals surface area (Å²) < 4.78 is 6.07. The second kappa shape index (κ2) is 6.60. The van der Waals surface area contributed by atoms with E-state index in [4.69, 9.17) is 4.74 Å². The Hall–Kier alpha value is -2.81. The molecule has 3 aromatic carbocycles. The molecule has 1 aliphatic rings. The summed E-state index contributed by atoms with van der Waals surface area (Å²) in [5.41, 5.74) is 2.25. The van der Waals surface area contributed by atoms with Crippen molar-refractivity contribution in [2.24, 2.45) is 0 Å². The standard InChI is InChI=1S/C22H21NO2/c1-2-21(22(24)23-14-13-17-8-5-6-10-20(17)23)25-19-12-11-16-7-3-4-9-18(16)15-19/h3-12,15,21H,2,13-14H2,1H3. The molecule has 0 spiro atoms. The molecule has 1 amide bonds. The molecule has 1 heterocycles. The predicted molar refractivity (Wildman–Crippen MR) is 101 cm³/mol. The zero-order valence-electron chi connectivity index (χ0n) is 14.3. The van der Waals surface area contributed by atoms with Crippen LogP contribution in [0, 0.1) is 0 Å². The Labute approximate surface area is 147 Å². The zero-order valence-corrected chi connectivity index (χ0v) is 14.3. The fourth-order valence-electron chi connectivity index (χ4n) is 3.45. The van der Waals surface area contributed by atoms with Crippen LogP contribution in [0.4, 0.5) is 5.69 Å². The van der Waals surface area contributed by atoms with Crippen molar-refractivity contribution in [2.45, 2.75) is 25.9 Å². The molecule has 0 aromatic heterocycles. The molecule has 0 bridgehead atoms. The number of fused-ring (bicyclic) bond motifs is 2. The van der Waals surface area contributed by atoms with E-state index in [0.717, 1.165) is 29.8 Å². The van der Waals surface area contributed by atoms with Gasteiger partial charge in [-0.25, -0.2) is 0 Å². The molecule has 4 rings (SSSR count). The largest absolute Gasteiger partial charge is 0.481 e. The van der Waals surface area contributed by atoms with Crippen LogP contribution in [0.5, 0.6) is 5.75 Å². The lowest BCUT2D eigenvalue weighted by molar-refractivity contribution is -0.125. The maximum Gasteiger partial charge on any atom is 0.268 e. The van der Waals surface area contributed by atoms with Gasteiger partial charge in [0.05, 0.1) is 0 Å². The summed E-state index contributed by atoms with van der Waals surface area (Å²) in [6.07, 6.45) is 1.09. The van der Waals surface area contributed by atoms with Crippen LogP contribution in [0.1, 0.15) is 18.9 Å². The van der Waals surface area contributed by atoms with Crippen molar-refractivity contribution in [1.82, 2.24) is 0 Å². The first-order valence-corrected chi connectivity index (χ1v) is 8.81. The highest BCUT2D eigenvalue weighted by molar-refractivity contribution is 5.98. The van der Waals surface area contributed by atoms with Crippen LogP contribution in [0.25, 0.3) is 10.8 Å². The summed E-state index contributed by atoms with van der Waals surface area (Å²) in [5.74, 6) is 0.784. The minimum atomic E-state index is -0.465. The smallest absolute Gasteiger partial charge is 0.268 e. The van der Waals surface area contributed by atoms with Gasteiger partial charge >= 0.3 is 0 Å². The van der Waals surface area contributed by atoms with Crippen LogP contribution in [0.2, 0.25) is 0 Å². The highest BCUT2D eigenvalue weighted by atomic mass is 16.5.